The van der Waals surface area contributed by atoms with E-state index in [1.807, 2.05) is 121 Å². The van der Waals surface area contributed by atoms with Crippen molar-refractivity contribution in [2.45, 2.75) is 0 Å². The molecule has 4 heteroatoms. The van der Waals surface area contributed by atoms with Crippen LogP contribution in [0.2, 0.25) is 0 Å². The van der Waals surface area contributed by atoms with Gasteiger partial charge in [-0.1, -0.05) is 120 Å². The Balaban J connectivity index is 1.35. The first-order valence-electron chi connectivity index (χ1n) is 18.3. The van der Waals surface area contributed by atoms with Gasteiger partial charge in [0.15, 0.2) is 0 Å². The van der Waals surface area contributed by atoms with Crippen molar-refractivity contribution in [1.82, 2.24) is 19.9 Å². The number of nitrogens with one attached hydrogen (secondary N) is 4. The summed E-state index contributed by atoms with van der Waals surface area (Å²) in [5.41, 5.74) is 10.4. The molecule has 9 rings (SSSR count). The largest absolute Gasteiger partial charge is 0.353 e. The maximum Gasteiger partial charge on any atom is 0.0719 e. The van der Waals surface area contributed by atoms with Crippen LogP contribution < -0.4 is 21.4 Å². The van der Waals surface area contributed by atoms with Crippen molar-refractivity contribution >= 4 is 22.3 Å². The highest BCUT2D eigenvalue weighted by molar-refractivity contribution is 5.84. The number of H-pyrrole nitrogens is 4. The maximum absolute atomic E-state index is 3.69. The van der Waals surface area contributed by atoms with E-state index in [-0.39, 0.29) is 0 Å². The lowest BCUT2D eigenvalue weighted by Crippen LogP contribution is -2.17. The molecule has 4 N–H and O–H groups in total. The van der Waals surface area contributed by atoms with Crippen LogP contribution in [0.5, 0.6) is 0 Å². The summed E-state index contributed by atoms with van der Waals surface area (Å²) in [6.07, 6.45) is 0. The molecule has 0 spiro atoms. The monoisotopic (exact) mass is 712 g/mol. The van der Waals surface area contributed by atoms with E-state index in [1.54, 1.807) is 0 Å². The Hall–Kier alpha value is -8.28. The predicted octanol–water partition coefficient (Wildman–Crippen LogP) is 6.32. The fourth-order valence-corrected chi connectivity index (χ4v) is 6.49. The summed E-state index contributed by atoms with van der Waals surface area (Å²) in [6, 6.07) is 56.6. The average molecular weight is 713 g/mol. The zero-order valence-corrected chi connectivity index (χ0v) is 30.2. The molecule has 0 saturated carbocycles. The normalized spacial score (nSPS) is 11.6. The molecule has 0 atom stereocenters. The van der Waals surface area contributed by atoms with Crippen molar-refractivity contribution in [3.8, 4) is 47.4 Å². The molecule has 4 aromatic heterocycles. The van der Waals surface area contributed by atoms with Gasteiger partial charge in [0, 0.05) is 22.3 Å². The van der Waals surface area contributed by atoms with Gasteiger partial charge in [0.05, 0.1) is 66.5 Å². The second-order valence-electron chi connectivity index (χ2n) is 13.1. The van der Waals surface area contributed by atoms with Crippen molar-refractivity contribution in [2.24, 2.45) is 0 Å². The van der Waals surface area contributed by atoms with Crippen molar-refractivity contribution in [2.75, 3.05) is 0 Å². The Labute approximate surface area is 324 Å². The molecular formula is C52H32N4. The number of hydrogen-bond donors (Lipinski definition) is 4. The van der Waals surface area contributed by atoms with E-state index in [2.05, 4.69) is 116 Å². The van der Waals surface area contributed by atoms with Crippen LogP contribution in [0.3, 0.4) is 0 Å². The molecule has 0 aliphatic carbocycles. The molecule has 0 unspecified atom stereocenters. The molecule has 5 heterocycles. The molecule has 1 aliphatic rings. The molecule has 8 aromatic rings. The summed E-state index contributed by atoms with van der Waals surface area (Å²) in [6.45, 7) is 0. The Morgan fingerprint density at radius 3 is 0.679 bits per heavy atom. The summed E-state index contributed by atoms with van der Waals surface area (Å²) in [4.78, 5) is 14.7. The Kier molecular flexibility index (Phi) is 9.21. The molecule has 0 radical (unpaired) electrons. The molecule has 0 amide bonds. The van der Waals surface area contributed by atoms with E-state index in [0.717, 1.165) is 88.7 Å². The standard InChI is InChI=1S/C52H32N4/c1-5-13-37(14-6-1)21-25-41-45-29-31-47(53-45)42(26-22-38-15-7-2-8-16-38)49-33-35-51(55-49)44(28-24-40-19-11-4-12-20-40)52-36-34-50(56-52)43(48-32-30-46(41)54-48)27-23-39-17-9-3-10-18-39/h1-20,29-36,53-56H. The number of fused-ring (bicyclic) bond motifs is 8. The van der Waals surface area contributed by atoms with E-state index in [1.165, 1.54) is 0 Å². The minimum Gasteiger partial charge on any atom is -0.353 e. The third-order valence-corrected chi connectivity index (χ3v) is 9.32. The second-order valence-corrected chi connectivity index (χ2v) is 13.1. The Morgan fingerprint density at radius 2 is 0.446 bits per heavy atom. The number of hydrogen-bond acceptors (Lipinski definition) is 0. The summed E-state index contributed by atoms with van der Waals surface area (Å²) in [5, 5.41) is 3.43. The van der Waals surface area contributed by atoms with E-state index >= 15 is 0 Å². The SMILES string of the molecule is C(#Cc1ccccc1)C1=c2ccc([nH]2)=C(C#Cc2ccccc2)c2ccc([nH]2)C(C#Cc2ccccc2)=c2ccc([nH]2)=C(C#Cc2ccccc2)c2ccc1[nH]2. The van der Waals surface area contributed by atoms with E-state index in [0.29, 0.717) is 0 Å². The fraction of sp³-hybridized carbons (Fsp3) is 0. The highest BCUT2D eigenvalue weighted by atomic mass is 14.8. The highest BCUT2D eigenvalue weighted by Crippen LogP contribution is 2.18. The first kappa shape index (κ1) is 33.5. The van der Waals surface area contributed by atoms with Crippen molar-refractivity contribution in [3.05, 3.63) is 236 Å². The van der Waals surface area contributed by atoms with E-state index < -0.39 is 0 Å². The molecule has 56 heavy (non-hydrogen) atoms. The molecule has 4 aromatic carbocycles. The predicted molar refractivity (Wildman–Crippen MR) is 225 cm³/mol. The number of aromatic nitrogens is 4. The van der Waals surface area contributed by atoms with Gasteiger partial charge in [-0.2, -0.15) is 0 Å². The summed E-state index contributed by atoms with van der Waals surface area (Å²) < 4.78 is 0. The summed E-state index contributed by atoms with van der Waals surface area (Å²) in [7, 11) is 0. The Morgan fingerprint density at radius 1 is 0.214 bits per heavy atom. The van der Waals surface area contributed by atoms with Crippen LogP contribution in [0.1, 0.15) is 45.0 Å². The van der Waals surface area contributed by atoms with Crippen LogP contribution in [0.25, 0.3) is 22.3 Å². The molecule has 8 bridgehead atoms. The minimum absolute atomic E-state index is 0.815. The molecule has 260 valence electrons. The quantitative estimate of drug-likeness (QED) is 0.133. The van der Waals surface area contributed by atoms with Crippen LogP contribution in [0.4, 0.5) is 0 Å². The Bertz CT molecular complexity index is 2800. The minimum atomic E-state index is 0.815. The van der Waals surface area contributed by atoms with Gasteiger partial charge in [0.1, 0.15) is 0 Å². The topological polar surface area (TPSA) is 63.2 Å². The maximum atomic E-state index is 3.69. The third kappa shape index (κ3) is 7.33. The first-order valence-corrected chi connectivity index (χ1v) is 18.3. The zero-order chi connectivity index (χ0) is 37.5. The number of benzene rings is 4. The summed E-state index contributed by atoms with van der Waals surface area (Å²) in [5.74, 6) is 27.5. The van der Waals surface area contributed by atoms with Gasteiger partial charge in [-0.3, -0.25) is 0 Å². The lowest BCUT2D eigenvalue weighted by atomic mass is 10.1. The fourth-order valence-electron chi connectivity index (χ4n) is 6.49. The van der Waals surface area contributed by atoms with Crippen LogP contribution in [-0.2, 0) is 0 Å². The van der Waals surface area contributed by atoms with Crippen molar-refractivity contribution in [1.29, 1.82) is 0 Å². The van der Waals surface area contributed by atoms with E-state index in [9.17, 15) is 0 Å². The molecule has 1 aliphatic heterocycles. The molecule has 0 fully saturated rings. The molecular weight excluding hydrogens is 681 g/mol. The smallest absolute Gasteiger partial charge is 0.0719 e. The third-order valence-electron chi connectivity index (χ3n) is 9.32. The van der Waals surface area contributed by atoms with Crippen LogP contribution in [-0.4, -0.2) is 19.9 Å². The van der Waals surface area contributed by atoms with Gasteiger partial charge in [0.25, 0.3) is 0 Å². The van der Waals surface area contributed by atoms with Crippen LogP contribution in [0.15, 0.2) is 170 Å². The van der Waals surface area contributed by atoms with Gasteiger partial charge in [0.2, 0.25) is 0 Å². The number of aromatic amines is 4. The zero-order valence-electron chi connectivity index (χ0n) is 30.2. The molecule has 4 nitrogen and oxygen atoms in total. The average Bonchev–Trinajstić information content (AvgIpc) is 4.10. The molecule has 0 saturated heterocycles. The highest BCUT2D eigenvalue weighted by Gasteiger charge is 2.13. The first-order chi connectivity index (χ1) is 27.7. The van der Waals surface area contributed by atoms with E-state index in [4.69, 9.17) is 0 Å². The lowest BCUT2D eigenvalue weighted by Gasteiger charge is -2.01. The van der Waals surface area contributed by atoms with Crippen molar-refractivity contribution in [3.63, 3.8) is 0 Å². The van der Waals surface area contributed by atoms with Gasteiger partial charge in [-0.25, -0.2) is 0 Å². The number of rotatable bonds is 0. The van der Waals surface area contributed by atoms with Gasteiger partial charge >= 0.3 is 0 Å². The summed E-state index contributed by atoms with van der Waals surface area (Å²) >= 11 is 0. The van der Waals surface area contributed by atoms with Gasteiger partial charge in [-0.05, 0) is 97.1 Å². The second kappa shape index (κ2) is 15.4. The van der Waals surface area contributed by atoms with Crippen molar-refractivity contribution < 1.29 is 0 Å². The van der Waals surface area contributed by atoms with Gasteiger partial charge < -0.3 is 19.9 Å². The van der Waals surface area contributed by atoms with Gasteiger partial charge in [-0.15, -0.1) is 0 Å². The van der Waals surface area contributed by atoms with Crippen LogP contribution in [0, 0.1) is 47.4 Å². The van der Waals surface area contributed by atoms with Crippen LogP contribution >= 0.6 is 0 Å². The lowest BCUT2D eigenvalue weighted by molar-refractivity contribution is 1.21.